The van der Waals surface area contributed by atoms with Gasteiger partial charge in [0.2, 0.25) is 5.91 Å². The molecule has 4 nitrogen and oxygen atoms in total. The molecule has 1 rings (SSSR count). The maximum atomic E-state index is 12.5. The highest BCUT2D eigenvalue weighted by molar-refractivity contribution is 8.00. The molecule has 0 radical (unpaired) electrons. The van der Waals surface area contributed by atoms with Crippen LogP contribution >= 0.6 is 11.8 Å². The highest BCUT2D eigenvalue weighted by Gasteiger charge is 2.42. The van der Waals surface area contributed by atoms with Crippen molar-refractivity contribution in [2.75, 3.05) is 12.4 Å². The van der Waals surface area contributed by atoms with E-state index in [4.69, 9.17) is 4.74 Å². The molecule has 1 amide bonds. The zero-order valence-corrected chi connectivity index (χ0v) is 15.3. The van der Waals surface area contributed by atoms with Crippen molar-refractivity contribution in [2.45, 2.75) is 77.6 Å². The fourth-order valence-electron chi connectivity index (χ4n) is 2.53. The molecule has 1 saturated heterocycles. The van der Waals surface area contributed by atoms with E-state index in [2.05, 4.69) is 27.7 Å². The molecule has 1 heterocycles. The molecule has 0 aliphatic carbocycles. The Morgan fingerprint density at radius 2 is 1.91 bits per heavy atom. The molecular formula is C17H31NO3S. The summed E-state index contributed by atoms with van der Waals surface area (Å²) >= 11 is 1.72. The average molecular weight is 330 g/mol. The van der Waals surface area contributed by atoms with E-state index in [9.17, 15) is 9.59 Å². The van der Waals surface area contributed by atoms with Gasteiger partial charge < -0.3 is 9.64 Å². The molecule has 2 atom stereocenters. The van der Waals surface area contributed by atoms with Gasteiger partial charge in [0.1, 0.15) is 6.04 Å². The molecule has 0 aromatic rings. The first kappa shape index (κ1) is 19.3. The molecular weight excluding hydrogens is 298 g/mol. The van der Waals surface area contributed by atoms with E-state index < -0.39 is 6.04 Å². The van der Waals surface area contributed by atoms with Gasteiger partial charge in [-0.25, -0.2) is 4.79 Å². The molecule has 1 fully saturated rings. The zero-order chi connectivity index (χ0) is 16.5. The van der Waals surface area contributed by atoms with Crippen molar-refractivity contribution in [2.24, 2.45) is 5.92 Å². The third kappa shape index (κ3) is 5.82. The van der Waals surface area contributed by atoms with Crippen LogP contribution in [0.2, 0.25) is 0 Å². The van der Waals surface area contributed by atoms with E-state index in [1.165, 1.54) is 0 Å². The van der Waals surface area contributed by atoms with Crippen molar-refractivity contribution in [1.82, 2.24) is 4.90 Å². The molecule has 0 bridgehead atoms. The molecule has 1 aliphatic rings. The summed E-state index contributed by atoms with van der Waals surface area (Å²) in [6, 6.07) is -0.394. The maximum absolute atomic E-state index is 12.5. The summed E-state index contributed by atoms with van der Waals surface area (Å²) in [7, 11) is 0. The number of nitrogens with zero attached hydrogens (tertiary/aromatic N) is 1. The van der Waals surface area contributed by atoms with Gasteiger partial charge in [-0.15, -0.1) is 11.8 Å². The smallest absolute Gasteiger partial charge is 0.329 e. The van der Waals surface area contributed by atoms with Gasteiger partial charge in [0.15, 0.2) is 0 Å². The Labute approximate surface area is 139 Å². The van der Waals surface area contributed by atoms with Gasteiger partial charge in [-0.1, -0.05) is 40.5 Å². The lowest BCUT2D eigenvalue weighted by molar-refractivity contribution is -0.154. The van der Waals surface area contributed by atoms with Crippen molar-refractivity contribution < 1.29 is 14.3 Å². The summed E-state index contributed by atoms with van der Waals surface area (Å²) < 4.78 is 5.36. The number of unbranched alkanes of at least 4 members (excludes halogenated alkanes) is 2. The van der Waals surface area contributed by atoms with E-state index in [1.54, 1.807) is 11.8 Å². The molecule has 0 aromatic carbocycles. The lowest BCUT2D eigenvalue weighted by atomic mass is 10.1. The Hall–Kier alpha value is -0.710. The molecule has 1 aliphatic heterocycles. The van der Waals surface area contributed by atoms with E-state index in [0.717, 1.165) is 32.1 Å². The van der Waals surface area contributed by atoms with Crippen LogP contribution in [-0.2, 0) is 14.3 Å². The largest absolute Gasteiger partial charge is 0.464 e. The number of amides is 1. The number of ether oxygens (including phenoxy) is 1. The van der Waals surface area contributed by atoms with E-state index in [1.807, 2.05) is 4.90 Å². The van der Waals surface area contributed by atoms with Crippen molar-refractivity contribution in [3.63, 3.8) is 0 Å². The first-order chi connectivity index (χ1) is 10.5. The van der Waals surface area contributed by atoms with Gasteiger partial charge in [-0.3, -0.25) is 4.79 Å². The summed E-state index contributed by atoms with van der Waals surface area (Å²) in [5, 5.41) is 0.119. The Morgan fingerprint density at radius 3 is 2.50 bits per heavy atom. The number of carbonyl (C=O) groups is 2. The number of hydrogen-bond donors (Lipinski definition) is 0. The van der Waals surface area contributed by atoms with Gasteiger partial charge in [0.25, 0.3) is 0 Å². The summed E-state index contributed by atoms with van der Waals surface area (Å²) in [5.74, 6) is 1.06. The fraction of sp³-hybridized carbons (Fsp3) is 0.882. The van der Waals surface area contributed by atoms with Gasteiger partial charge >= 0.3 is 5.97 Å². The van der Waals surface area contributed by atoms with E-state index in [0.29, 0.717) is 24.7 Å². The summed E-state index contributed by atoms with van der Waals surface area (Å²) in [4.78, 5) is 26.7. The summed E-state index contributed by atoms with van der Waals surface area (Å²) in [6.45, 7) is 8.92. The van der Waals surface area contributed by atoms with E-state index >= 15 is 0 Å². The second-order valence-corrected chi connectivity index (χ2v) is 7.57. The van der Waals surface area contributed by atoms with Crippen LogP contribution in [0.3, 0.4) is 0 Å². The van der Waals surface area contributed by atoms with Crippen LogP contribution in [0.5, 0.6) is 0 Å². The minimum atomic E-state index is -0.394. The summed E-state index contributed by atoms with van der Waals surface area (Å²) in [5.41, 5.74) is 0. The standard InChI is InChI=1S/C17H31NO3S/c1-5-7-9-15(19)18-14(17(20)21-10-8-6-2)12-22-16(18)11-13(3)4/h13-14,16H,5-12H2,1-4H3. The molecule has 5 heteroatoms. The second-order valence-electron chi connectivity index (χ2n) is 6.36. The quantitative estimate of drug-likeness (QED) is 0.476. The minimum absolute atomic E-state index is 0.106. The van der Waals surface area contributed by atoms with Crippen LogP contribution in [0.4, 0.5) is 0 Å². The normalized spacial score (nSPS) is 21.4. The topological polar surface area (TPSA) is 46.6 Å². The molecule has 0 spiro atoms. The van der Waals surface area contributed by atoms with Crippen molar-refractivity contribution in [3.8, 4) is 0 Å². The fourth-order valence-corrected chi connectivity index (χ4v) is 4.18. The SMILES string of the molecule is CCCCOC(=O)C1CSC(CC(C)C)N1C(=O)CCCC. The van der Waals surface area contributed by atoms with Gasteiger partial charge in [0.05, 0.1) is 12.0 Å². The highest BCUT2D eigenvalue weighted by Crippen LogP contribution is 2.34. The number of carbonyl (C=O) groups excluding carboxylic acids is 2. The van der Waals surface area contributed by atoms with Gasteiger partial charge in [0, 0.05) is 12.2 Å². The first-order valence-electron chi connectivity index (χ1n) is 8.60. The minimum Gasteiger partial charge on any atom is -0.464 e. The number of esters is 1. The lowest BCUT2D eigenvalue weighted by Gasteiger charge is -2.29. The third-order valence-electron chi connectivity index (χ3n) is 3.81. The lowest BCUT2D eigenvalue weighted by Crippen LogP contribution is -2.46. The van der Waals surface area contributed by atoms with Crippen LogP contribution in [-0.4, -0.2) is 40.6 Å². The van der Waals surface area contributed by atoms with Crippen LogP contribution in [0.25, 0.3) is 0 Å². The monoisotopic (exact) mass is 329 g/mol. The van der Waals surface area contributed by atoms with Gasteiger partial charge in [-0.2, -0.15) is 0 Å². The van der Waals surface area contributed by atoms with Crippen molar-refractivity contribution >= 4 is 23.6 Å². The molecule has 2 unspecified atom stereocenters. The Bertz CT molecular complexity index is 360. The average Bonchev–Trinajstić information content (AvgIpc) is 2.87. The molecule has 22 heavy (non-hydrogen) atoms. The Kier molecular flexibility index (Phi) is 8.91. The molecule has 0 saturated carbocycles. The van der Waals surface area contributed by atoms with Crippen LogP contribution < -0.4 is 0 Å². The molecule has 128 valence electrons. The van der Waals surface area contributed by atoms with Crippen molar-refractivity contribution in [3.05, 3.63) is 0 Å². The predicted octanol–water partition coefficient (Wildman–Crippen LogP) is 3.84. The van der Waals surface area contributed by atoms with Gasteiger partial charge in [-0.05, 0) is 25.2 Å². The number of thioether (sulfide) groups is 1. The van der Waals surface area contributed by atoms with Crippen molar-refractivity contribution in [1.29, 1.82) is 0 Å². The predicted molar refractivity (Wildman–Crippen MR) is 91.7 cm³/mol. The second kappa shape index (κ2) is 10.1. The summed E-state index contributed by atoms with van der Waals surface area (Å²) in [6.07, 6.45) is 5.22. The number of hydrogen-bond acceptors (Lipinski definition) is 4. The zero-order valence-electron chi connectivity index (χ0n) is 14.5. The van der Waals surface area contributed by atoms with Crippen LogP contribution in [0.1, 0.15) is 66.2 Å². The first-order valence-corrected chi connectivity index (χ1v) is 9.65. The van der Waals surface area contributed by atoms with Crippen LogP contribution in [0, 0.1) is 5.92 Å². The Balaban J connectivity index is 2.72. The molecule has 0 N–H and O–H groups in total. The number of rotatable bonds is 9. The Morgan fingerprint density at radius 1 is 1.23 bits per heavy atom. The maximum Gasteiger partial charge on any atom is 0.329 e. The van der Waals surface area contributed by atoms with Crippen LogP contribution in [0.15, 0.2) is 0 Å². The molecule has 0 aromatic heterocycles. The third-order valence-corrected chi connectivity index (χ3v) is 5.12. The van der Waals surface area contributed by atoms with E-state index in [-0.39, 0.29) is 17.3 Å². The highest BCUT2D eigenvalue weighted by atomic mass is 32.2.